The van der Waals surface area contributed by atoms with Gasteiger partial charge in [-0.3, -0.25) is 4.79 Å². The molecule has 0 atom stereocenters. The molecule has 0 saturated carbocycles. The van der Waals surface area contributed by atoms with Gasteiger partial charge in [0.15, 0.2) is 0 Å². The molecule has 6 heteroatoms. The van der Waals surface area contributed by atoms with Crippen molar-refractivity contribution in [3.05, 3.63) is 69.9 Å². The zero-order chi connectivity index (χ0) is 19.0. The second-order valence-corrected chi connectivity index (χ2v) is 7.67. The number of carbonyl (C=O) groups is 1. The number of carbonyl (C=O) groups excluding carboxylic acids is 1. The minimum atomic E-state index is -0.303. The molecule has 2 aromatic carbocycles. The van der Waals surface area contributed by atoms with E-state index in [0.717, 1.165) is 32.1 Å². The summed E-state index contributed by atoms with van der Waals surface area (Å²) >= 11 is 7.81. The van der Waals surface area contributed by atoms with Crippen molar-refractivity contribution in [1.82, 2.24) is 4.57 Å². The fourth-order valence-corrected chi connectivity index (χ4v) is 4.45. The van der Waals surface area contributed by atoms with Gasteiger partial charge in [-0.2, -0.15) is 0 Å². The van der Waals surface area contributed by atoms with Gasteiger partial charge in [-0.15, -0.1) is 11.3 Å². The largest absolute Gasteiger partial charge is 0.466 e. The van der Waals surface area contributed by atoms with Crippen molar-refractivity contribution in [3.63, 3.8) is 0 Å². The summed E-state index contributed by atoms with van der Waals surface area (Å²) in [5.41, 5.74) is 2.71. The smallest absolute Gasteiger partial charge is 0.310 e. The number of ether oxygens (including phenoxy) is 1. The van der Waals surface area contributed by atoms with Crippen molar-refractivity contribution in [1.29, 1.82) is 0 Å². The van der Waals surface area contributed by atoms with Gasteiger partial charge in [0.2, 0.25) is 0 Å². The molecule has 0 radical (unpaired) electrons. The van der Waals surface area contributed by atoms with Gasteiger partial charge in [0.1, 0.15) is 5.82 Å². The van der Waals surface area contributed by atoms with Gasteiger partial charge in [-0.25, -0.2) is 4.39 Å². The van der Waals surface area contributed by atoms with Gasteiger partial charge >= 0.3 is 5.97 Å². The highest BCUT2D eigenvalue weighted by Crippen LogP contribution is 2.31. The lowest BCUT2D eigenvalue weighted by atomic mass is 10.1. The second-order valence-electron chi connectivity index (χ2n) is 6.33. The molecule has 0 saturated heterocycles. The van der Waals surface area contributed by atoms with Crippen LogP contribution in [0.3, 0.4) is 0 Å². The molecule has 0 aliphatic carbocycles. The van der Waals surface area contributed by atoms with E-state index in [9.17, 15) is 9.18 Å². The van der Waals surface area contributed by atoms with Crippen molar-refractivity contribution >= 4 is 49.9 Å². The topological polar surface area (TPSA) is 31.2 Å². The summed E-state index contributed by atoms with van der Waals surface area (Å²) in [5, 5.41) is 4.74. The van der Waals surface area contributed by atoms with E-state index in [0.29, 0.717) is 18.2 Å². The summed E-state index contributed by atoms with van der Waals surface area (Å²) in [6.07, 6.45) is 2.08. The minimum absolute atomic E-state index is 0.166. The number of rotatable bonds is 5. The molecule has 3 nitrogen and oxygen atoms in total. The van der Waals surface area contributed by atoms with Gasteiger partial charge in [0.25, 0.3) is 0 Å². The predicted octanol–water partition coefficient (Wildman–Crippen LogP) is 5.80. The Hall–Kier alpha value is -2.37. The van der Waals surface area contributed by atoms with Gasteiger partial charge in [-0.05, 0) is 65.2 Å². The molecule has 0 spiro atoms. The molecule has 2 aromatic heterocycles. The Morgan fingerprint density at radius 1 is 1.19 bits per heavy atom. The Bertz CT molecular complexity index is 1150. The number of hydrogen-bond acceptors (Lipinski definition) is 3. The summed E-state index contributed by atoms with van der Waals surface area (Å²) in [4.78, 5) is 11.9. The van der Waals surface area contributed by atoms with Crippen LogP contribution in [-0.2, 0) is 22.5 Å². The first kappa shape index (κ1) is 18.0. The van der Waals surface area contributed by atoms with Crippen LogP contribution in [-0.4, -0.2) is 17.1 Å². The maximum Gasteiger partial charge on any atom is 0.310 e. The van der Waals surface area contributed by atoms with Crippen molar-refractivity contribution in [3.8, 4) is 0 Å². The van der Waals surface area contributed by atoms with E-state index < -0.39 is 0 Å². The van der Waals surface area contributed by atoms with Gasteiger partial charge in [-0.1, -0.05) is 11.6 Å². The molecule has 0 N–H and O–H groups in total. The van der Waals surface area contributed by atoms with Crippen LogP contribution in [0.1, 0.15) is 18.1 Å². The lowest BCUT2D eigenvalue weighted by Crippen LogP contribution is -2.07. The Kier molecular flexibility index (Phi) is 4.89. The zero-order valence-corrected chi connectivity index (χ0v) is 16.2. The Morgan fingerprint density at radius 3 is 2.85 bits per heavy atom. The summed E-state index contributed by atoms with van der Waals surface area (Å²) in [7, 11) is 0. The molecule has 0 unspecified atom stereocenters. The molecule has 0 amide bonds. The molecular weight excluding hydrogens is 385 g/mol. The van der Waals surface area contributed by atoms with E-state index in [1.165, 1.54) is 12.1 Å². The predicted molar refractivity (Wildman–Crippen MR) is 108 cm³/mol. The highest BCUT2D eigenvalue weighted by molar-refractivity contribution is 7.17. The lowest BCUT2D eigenvalue weighted by Gasteiger charge is -2.05. The average molecular weight is 402 g/mol. The summed E-state index contributed by atoms with van der Waals surface area (Å²) in [5.74, 6) is -0.587. The van der Waals surface area contributed by atoms with Gasteiger partial charge < -0.3 is 9.30 Å². The van der Waals surface area contributed by atoms with Crippen LogP contribution in [0.25, 0.3) is 21.0 Å². The van der Waals surface area contributed by atoms with Crippen molar-refractivity contribution in [2.45, 2.75) is 19.9 Å². The Balaban J connectivity index is 1.77. The van der Waals surface area contributed by atoms with Gasteiger partial charge in [0, 0.05) is 27.9 Å². The van der Waals surface area contributed by atoms with Crippen molar-refractivity contribution in [2.24, 2.45) is 0 Å². The average Bonchev–Trinajstić information content (AvgIpc) is 3.17. The van der Waals surface area contributed by atoms with Crippen LogP contribution in [0.4, 0.5) is 4.39 Å². The molecule has 138 valence electrons. The lowest BCUT2D eigenvalue weighted by molar-refractivity contribution is -0.142. The highest BCUT2D eigenvalue weighted by Gasteiger charge is 2.15. The molecule has 0 aliphatic rings. The minimum Gasteiger partial charge on any atom is -0.466 e. The normalized spacial score (nSPS) is 11.4. The third-order valence-electron chi connectivity index (χ3n) is 4.52. The number of thiophene rings is 1. The van der Waals surface area contributed by atoms with Crippen LogP contribution < -0.4 is 0 Å². The third kappa shape index (κ3) is 3.57. The molecule has 0 aliphatic heterocycles. The third-order valence-corrected chi connectivity index (χ3v) is 5.77. The number of halogens is 2. The zero-order valence-electron chi connectivity index (χ0n) is 14.7. The first-order valence-corrected chi connectivity index (χ1v) is 9.89. The van der Waals surface area contributed by atoms with Crippen LogP contribution >= 0.6 is 22.9 Å². The Labute approximate surface area is 164 Å². The molecule has 4 rings (SSSR count). The summed E-state index contributed by atoms with van der Waals surface area (Å²) in [6, 6.07) is 10.5. The monoisotopic (exact) mass is 401 g/mol. The van der Waals surface area contributed by atoms with Crippen molar-refractivity contribution in [2.75, 3.05) is 6.61 Å². The second kappa shape index (κ2) is 7.33. The van der Waals surface area contributed by atoms with Crippen LogP contribution in [0.5, 0.6) is 0 Å². The van der Waals surface area contributed by atoms with E-state index in [1.54, 1.807) is 24.3 Å². The van der Waals surface area contributed by atoms with E-state index in [4.69, 9.17) is 16.3 Å². The highest BCUT2D eigenvalue weighted by atomic mass is 35.5. The maximum absolute atomic E-state index is 13.9. The first-order chi connectivity index (χ1) is 13.0. The summed E-state index contributed by atoms with van der Waals surface area (Å²) in [6.45, 7) is 2.69. The van der Waals surface area contributed by atoms with Gasteiger partial charge in [0.05, 0.1) is 18.5 Å². The SMILES string of the molecule is CCOC(=O)Cc1cn(Cc2csc3ccc(Cl)cc23)c2cc(F)ccc12. The number of esters is 1. The number of hydrogen-bond donors (Lipinski definition) is 0. The number of fused-ring (bicyclic) bond motifs is 2. The van der Waals surface area contributed by atoms with E-state index >= 15 is 0 Å². The van der Waals surface area contributed by atoms with Crippen LogP contribution in [0.2, 0.25) is 5.02 Å². The van der Waals surface area contributed by atoms with E-state index in [-0.39, 0.29) is 18.2 Å². The molecule has 4 aromatic rings. The number of aromatic nitrogens is 1. The maximum atomic E-state index is 13.9. The number of nitrogens with zero attached hydrogens (tertiary/aromatic N) is 1. The quantitative estimate of drug-likeness (QED) is 0.395. The molecule has 27 heavy (non-hydrogen) atoms. The molecule has 2 heterocycles. The fourth-order valence-electron chi connectivity index (χ4n) is 3.34. The van der Waals surface area contributed by atoms with E-state index in [2.05, 4.69) is 5.38 Å². The number of benzene rings is 2. The molecule has 0 fully saturated rings. The Morgan fingerprint density at radius 2 is 2.04 bits per heavy atom. The van der Waals surface area contributed by atoms with Crippen molar-refractivity contribution < 1.29 is 13.9 Å². The molecule has 0 bridgehead atoms. The fraction of sp³-hybridized carbons (Fsp3) is 0.190. The van der Waals surface area contributed by atoms with Crippen LogP contribution in [0, 0.1) is 5.82 Å². The van der Waals surface area contributed by atoms with E-state index in [1.807, 2.05) is 29.0 Å². The summed E-state index contributed by atoms with van der Waals surface area (Å²) < 4.78 is 22.1. The standard InChI is InChI=1S/C21H17ClFNO2S/c1-2-26-21(25)7-13-10-24(19-9-16(23)4-5-17(13)19)11-14-12-27-20-6-3-15(22)8-18(14)20/h3-6,8-10,12H,2,7,11H2,1H3. The molecular formula is C21H17ClFNO2S. The van der Waals surface area contributed by atoms with Crippen LogP contribution in [0.15, 0.2) is 48.0 Å². The first-order valence-electron chi connectivity index (χ1n) is 8.63.